The Hall–Kier alpha value is -2.97. The van der Waals surface area contributed by atoms with Crippen LogP contribution in [0.5, 0.6) is 0 Å². The lowest BCUT2D eigenvalue weighted by Gasteiger charge is -2.32. The van der Waals surface area contributed by atoms with Crippen molar-refractivity contribution in [2.75, 3.05) is 11.7 Å². The lowest BCUT2D eigenvalue weighted by atomic mass is 9.89. The number of non-ortho nitro benzene ring substituents is 1. The molecule has 2 N–H and O–H groups in total. The van der Waals surface area contributed by atoms with Crippen LogP contribution < -0.4 is 5.06 Å². The van der Waals surface area contributed by atoms with E-state index in [1.807, 2.05) is 0 Å². The normalized spacial score (nSPS) is 20.8. The highest BCUT2D eigenvalue weighted by Crippen LogP contribution is 2.37. The molecule has 8 heteroatoms. The number of hydroxylamine groups is 1. The summed E-state index contributed by atoms with van der Waals surface area (Å²) in [5.41, 5.74) is 0.749. The van der Waals surface area contributed by atoms with Crippen LogP contribution in [0.3, 0.4) is 0 Å². The molecule has 1 aliphatic rings. The summed E-state index contributed by atoms with van der Waals surface area (Å²) in [7, 11) is 0. The molecule has 0 aromatic heterocycles. The zero-order chi connectivity index (χ0) is 18.0. The third kappa shape index (κ3) is 3.30. The number of nitro benzene ring substituents is 1. The summed E-state index contributed by atoms with van der Waals surface area (Å²) in [5.74, 6) is -1.66. The number of nitro groups is 1. The smallest absolute Gasteiger partial charge is 0.314 e. The molecule has 1 fully saturated rings. The van der Waals surface area contributed by atoms with E-state index in [0.29, 0.717) is 11.3 Å². The maximum Gasteiger partial charge on any atom is 0.314 e. The second-order valence-corrected chi connectivity index (χ2v) is 5.70. The molecule has 1 heterocycles. The summed E-state index contributed by atoms with van der Waals surface area (Å²) in [6, 6.07) is 13.0. The minimum Gasteiger partial charge on any atom is -0.463 e. The number of anilines is 1. The van der Waals surface area contributed by atoms with Crippen LogP contribution in [0.4, 0.5) is 11.4 Å². The zero-order valence-electron chi connectivity index (χ0n) is 13.1. The molecule has 0 aliphatic carbocycles. The maximum atomic E-state index is 12.1. The van der Waals surface area contributed by atoms with Crippen molar-refractivity contribution < 1.29 is 24.8 Å². The Morgan fingerprint density at radius 1 is 1.16 bits per heavy atom. The highest BCUT2D eigenvalue weighted by Gasteiger charge is 2.45. The van der Waals surface area contributed by atoms with Crippen LogP contribution in [0.15, 0.2) is 54.6 Å². The first-order chi connectivity index (χ1) is 12.0. The van der Waals surface area contributed by atoms with Gasteiger partial charge in [-0.15, -0.1) is 0 Å². The summed E-state index contributed by atoms with van der Waals surface area (Å²) in [6.07, 6.45) is -1.09. The van der Waals surface area contributed by atoms with Crippen LogP contribution in [0.1, 0.15) is 11.6 Å². The Morgan fingerprint density at radius 3 is 2.32 bits per heavy atom. The number of aliphatic hydroxyl groups excluding tert-OH is 1. The molecular formula is C17H16N2O6. The van der Waals surface area contributed by atoms with Gasteiger partial charge in [0.2, 0.25) is 0 Å². The van der Waals surface area contributed by atoms with Gasteiger partial charge in [0, 0.05) is 12.1 Å². The third-order valence-corrected chi connectivity index (χ3v) is 4.15. The van der Waals surface area contributed by atoms with Gasteiger partial charge in [0.05, 0.1) is 16.7 Å². The van der Waals surface area contributed by atoms with Crippen molar-refractivity contribution in [1.82, 2.24) is 0 Å². The van der Waals surface area contributed by atoms with Crippen molar-refractivity contribution in [3.05, 3.63) is 70.3 Å². The maximum absolute atomic E-state index is 12.1. The highest BCUT2D eigenvalue weighted by atomic mass is 16.6. The Bertz CT molecular complexity index is 764. The quantitative estimate of drug-likeness (QED) is 0.485. The number of nitrogens with zero attached hydrogens (tertiary/aromatic N) is 2. The second-order valence-electron chi connectivity index (χ2n) is 5.70. The Labute approximate surface area is 143 Å². The second kappa shape index (κ2) is 6.88. The average molecular weight is 344 g/mol. The number of hydrogen-bond donors (Lipinski definition) is 2. The van der Waals surface area contributed by atoms with Crippen LogP contribution in [-0.4, -0.2) is 33.9 Å². The van der Waals surface area contributed by atoms with Gasteiger partial charge in [-0.05, 0) is 17.7 Å². The van der Waals surface area contributed by atoms with Gasteiger partial charge in [-0.1, -0.05) is 30.3 Å². The number of ether oxygens (including phenoxy) is 1. The van der Waals surface area contributed by atoms with Gasteiger partial charge in [-0.3, -0.25) is 20.1 Å². The van der Waals surface area contributed by atoms with Crippen LogP contribution in [0.2, 0.25) is 0 Å². The van der Waals surface area contributed by atoms with Crippen LogP contribution in [-0.2, 0) is 9.53 Å². The summed E-state index contributed by atoms with van der Waals surface area (Å²) in [4.78, 5) is 22.4. The van der Waals surface area contributed by atoms with Crippen LogP contribution in [0.25, 0.3) is 0 Å². The van der Waals surface area contributed by atoms with Gasteiger partial charge in [0.1, 0.15) is 18.6 Å². The van der Waals surface area contributed by atoms with Gasteiger partial charge in [0.15, 0.2) is 0 Å². The Morgan fingerprint density at radius 2 is 1.80 bits per heavy atom. The Kier molecular flexibility index (Phi) is 4.64. The third-order valence-electron chi connectivity index (χ3n) is 4.15. The van der Waals surface area contributed by atoms with E-state index >= 15 is 0 Å². The SMILES string of the molecule is O=C1OC[C@H](O)[C@H]1[C@H](c1ccc([N+](=O)[O-])cc1)N(O)c1ccccc1. The van der Waals surface area contributed by atoms with Crippen LogP contribution >= 0.6 is 0 Å². The van der Waals surface area contributed by atoms with E-state index in [1.54, 1.807) is 30.3 Å². The van der Waals surface area contributed by atoms with Gasteiger partial charge >= 0.3 is 5.97 Å². The number of benzene rings is 2. The van der Waals surface area contributed by atoms with Crippen molar-refractivity contribution in [2.24, 2.45) is 5.92 Å². The molecule has 3 atom stereocenters. The predicted octanol–water partition coefficient (Wildman–Crippen LogP) is 2.07. The average Bonchev–Trinajstić information content (AvgIpc) is 2.95. The first-order valence-electron chi connectivity index (χ1n) is 7.61. The lowest BCUT2D eigenvalue weighted by molar-refractivity contribution is -0.384. The minimum absolute atomic E-state index is 0.110. The summed E-state index contributed by atoms with van der Waals surface area (Å²) < 4.78 is 4.89. The fourth-order valence-electron chi connectivity index (χ4n) is 2.90. The van der Waals surface area contributed by atoms with Crippen LogP contribution in [0, 0.1) is 16.0 Å². The monoisotopic (exact) mass is 344 g/mol. The van der Waals surface area contributed by atoms with E-state index in [4.69, 9.17) is 4.74 Å². The number of para-hydroxylation sites is 1. The molecule has 8 nitrogen and oxygen atoms in total. The standard InChI is InChI=1S/C17H16N2O6/c20-14-10-25-17(21)15(14)16(18(22)12-4-2-1-3-5-12)11-6-8-13(9-7-11)19(23)24/h1-9,14-16,20,22H,10H2/t14-,15-,16-/m0/s1. The van der Waals surface area contributed by atoms with Gasteiger partial charge in [-0.25, -0.2) is 5.06 Å². The van der Waals surface area contributed by atoms with Gasteiger partial charge in [-0.2, -0.15) is 0 Å². The van der Waals surface area contributed by atoms with Crippen molar-refractivity contribution >= 4 is 17.3 Å². The molecule has 0 saturated carbocycles. The van der Waals surface area contributed by atoms with E-state index in [2.05, 4.69) is 0 Å². The molecular weight excluding hydrogens is 328 g/mol. The van der Waals surface area contributed by atoms with E-state index < -0.39 is 29.0 Å². The number of rotatable bonds is 5. The van der Waals surface area contributed by atoms with Crippen molar-refractivity contribution in [3.63, 3.8) is 0 Å². The number of cyclic esters (lactones) is 1. The topological polar surface area (TPSA) is 113 Å². The molecule has 2 aromatic rings. The van der Waals surface area contributed by atoms with Crippen molar-refractivity contribution in [3.8, 4) is 0 Å². The first-order valence-corrected chi connectivity index (χ1v) is 7.61. The molecule has 0 bridgehead atoms. The van der Waals surface area contributed by atoms with Crippen molar-refractivity contribution in [2.45, 2.75) is 12.1 Å². The molecule has 0 unspecified atom stereocenters. The fraction of sp³-hybridized carbons (Fsp3) is 0.235. The minimum atomic E-state index is -1.09. The molecule has 0 radical (unpaired) electrons. The molecule has 1 saturated heterocycles. The molecule has 3 rings (SSSR count). The zero-order valence-corrected chi connectivity index (χ0v) is 13.1. The van der Waals surface area contributed by atoms with E-state index in [1.165, 1.54) is 24.3 Å². The predicted molar refractivity (Wildman–Crippen MR) is 87.0 cm³/mol. The lowest BCUT2D eigenvalue weighted by Crippen LogP contribution is -2.38. The molecule has 2 aromatic carbocycles. The highest BCUT2D eigenvalue weighted by molar-refractivity contribution is 5.77. The van der Waals surface area contributed by atoms with Gasteiger partial charge < -0.3 is 9.84 Å². The first kappa shape index (κ1) is 16.9. The number of hydrogen-bond acceptors (Lipinski definition) is 7. The van der Waals surface area contributed by atoms with E-state index in [9.17, 15) is 25.2 Å². The van der Waals surface area contributed by atoms with E-state index in [0.717, 1.165) is 5.06 Å². The molecule has 0 spiro atoms. The van der Waals surface area contributed by atoms with Gasteiger partial charge in [0.25, 0.3) is 5.69 Å². The van der Waals surface area contributed by atoms with E-state index in [-0.39, 0.29) is 12.3 Å². The molecule has 25 heavy (non-hydrogen) atoms. The molecule has 130 valence electrons. The number of carbonyl (C=O) groups excluding carboxylic acids is 1. The Balaban J connectivity index is 2.02. The molecule has 1 aliphatic heterocycles. The van der Waals surface area contributed by atoms with Crippen molar-refractivity contribution in [1.29, 1.82) is 0 Å². The number of esters is 1. The number of carbonyl (C=O) groups is 1. The molecule has 0 amide bonds. The fourth-order valence-corrected chi connectivity index (χ4v) is 2.90. The summed E-state index contributed by atoms with van der Waals surface area (Å²) in [6.45, 7) is -0.157. The summed E-state index contributed by atoms with van der Waals surface area (Å²) in [5, 5.41) is 32.5. The number of aliphatic hydroxyl groups is 1. The largest absolute Gasteiger partial charge is 0.463 e. The summed E-state index contributed by atoms with van der Waals surface area (Å²) >= 11 is 0.